The van der Waals surface area contributed by atoms with Crippen LogP contribution in [-0.2, 0) is 5.75 Å². The van der Waals surface area contributed by atoms with Crippen LogP contribution in [0.25, 0.3) is 0 Å². The molecule has 0 amide bonds. The first-order chi connectivity index (χ1) is 10.0. The van der Waals surface area contributed by atoms with Crippen LogP contribution in [0, 0.1) is 20.8 Å². The van der Waals surface area contributed by atoms with Gasteiger partial charge in [0, 0.05) is 16.7 Å². The Labute approximate surface area is 133 Å². The Morgan fingerprint density at radius 3 is 2.33 bits per heavy atom. The summed E-state index contributed by atoms with van der Waals surface area (Å²) in [6.45, 7) is 8.79. The van der Waals surface area contributed by atoms with Crippen LogP contribution in [0.1, 0.15) is 40.8 Å². The van der Waals surface area contributed by atoms with E-state index in [1.165, 1.54) is 32.7 Å². The lowest BCUT2D eigenvalue weighted by atomic mass is 10.0. The van der Waals surface area contributed by atoms with Crippen molar-refractivity contribution < 1.29 is 0 Å². The molecular formula is C19H25NS. The first-order valence-electron chi connectivity index (χ1n) is 7.48. The molecule has 2 aromatic carbocycles. The maximum atomic E-state index is 3.30. The van der Waals surface area contributed by atoms with Gasteiger partial charge in [-0.05, 0) is 69.1 Å². The van der Waals surface area contributed by atoms with Crippen molar-refractivity contribution in [2.45, 2.75) is 44.4 Å². The molecule has 0 radical (unpaired) electrons. The molecule has 21 heavy (non-hydrogen) atoms. The zero-order valence-corrected chi connectivity index (χ0v) is 14.5. The fraction of sp³-hybridized carbons (Fsp3) is 0.368. The Morgan fingerprint density at radius 2 is 1.71 bits per heavy atom. The Morgan fingerprint density at radius 1 is 1.05 bits per heavy atom. The molecule has 0 aliphatic rings. The molecule has 1 N–H and O–H groups in total. The Kier molecular flexibility index (Phi) is 5.49. The van der Waals surface area contributed by atoms with E-state index in [0.717, 1.165) is 5.75 Å². The third-order valence-corrected chi connectivity index (χ3v) is 5.03. The second-order valence-electron chi connectivity index (χ2n) is 5.75. The molecule has 0 aromatic heterocycles. The molecule has 0 spiro atoms. The van der Waals surface area contributed by atoms with Crippen molar-refractivity contribution in [2.75, 3.05) is 7.05 Å². The molecule has 0 saturated carbocycles. The van der Waals surface area contributed by atoms with Crippen molar-refractivity contribution in [1.82, 2.24) is 5.32 Å². The summed E-state index contributed by atoms with van der Waals surface area (Å²) >= 11 is 1.92. The Bertz CT molecular complexity index is 596. The summed E-state index contributed by atoms with van der Waals surface area (Å²) in [5, 5.41) is 3.30. The van der Waals surface area contributed by atoms with Crippen LogP contribution in [0.3, 0.4) is 0 Å². The Balaban J connectivity index is 2.14. The largest absolute Gasteiger partial charge is 0.313 e. The highest BCUT2D eigenvalue weighted by molar-refractivity contribution is 7.98. The van der Waals surface area contributed by atoms with Gasteiger partial charge >= 0.3 is 0 Å². The average molecular weight is 299 g/mol. The zero-order chi connectivity index (χ0) is 15.4. The van der Waals surface area contributed by atoms with Gasteiger partial charge in [-0.25, -0.2) is 0 Å². The van der Waals surface area contributed by atoms with E-state index in [4.69, 9.17) is 0 Å². The summed E-state index contributed by atoms with van der Waals surface area (Å²) in [4.78, 5) is 1.34. The predicted octanol–water partition coefficient (Wildman–Crippen LogP) is 5.18. The molecule has 2 rings (SSSR count). The van der Waals surface area contributed by atoms with Gasteiger partial charge in [0.15, 0.2) is 0 Å². The van der Waals surface area contributed by atoms with Gasteiger partial charge in [0.1, 0.15) is 0 Å². The van der Waals surface area contributed by atoms with Crippen LogP contribution in [0.15, 0.2) is 41.3 Å². The van der Waals surface area contributed by atoms with Crippen LogP contribution >= 0.6 is 11.8 Å². The number of aryl methyl sites for hydroxylation is 3. The van der Waals surface area contributed by atoms with E-state index in [1.807, 2.05) is 18.8 Å². The standard InChI is InChI=1S/C19H25NS/c1-13-9-14(2)19(15(3)10-13)12-21-18-8-6-7-17(11-18)16(4)20-5/h6-11,16,20H,12H2,1-5H3. The number of rotatable bonds is 5. The SMILES string of the molecule is CNC(C)c1cccc(SCc2c(C)cc(C)cc2C)c1. The highest BCUT2D eigenvalue weighted by atomic mass is 32.2. The third-order valence-electron chi connectivity index (χ3n) is 4.01. The second kappa shape index (κ2) is 7.15. The normalized spacial score (nSPS) is 12.4. The molecule has 0 fully saturated rings. The van der Waals surface area contributed by atoms with Gasteiger partial charge in [-0.1, -0.05) is 29.8 Å². The van der Waals surface area contributed by atoms with E-state index in [0.29, 0.717) is 6.04 Å². The van der Waals surface area contributed by atoms with E-state index in [-0.39, 0.29) is 0 Å². The van der Waals surface area contributed by atoms with E-state index < -0.39 is 0 Å². The molecule has 0 saturated heterocycles. The third kappa shape index (κ3) is 4.12. The second-order valence-corrected chi connectivity index (χ2v) is 6.80. The van der Waals surface area contributed by atoms with Crippen molar-refractivity contribution in [3.63, 3.8) is 0 Å². The summed E-state index contributed by atoms with van der Waals surface area (Å²) < 4.78 is 0. The highest BCUT2D eigenvalue weighted by Gasteiger charge is 2.07. The minimum Gasteiger partial charge on any atom is -0.313 e. The number of hydrogen-bond acceptors (Lipinski definition) is 2. The summed E-state index contributed by atoms with van der Waals surface area (Å²) in [6.07, 6.45) is 0. The first-order valence-corrected chi connectivity index (χ1v) is 8.46. The van der Waals surface area contributed by atoms with Crippen LogP contribution in [0.5, 0.6) is 0 Å². The molecule has 1 unspecified atom stereocenters. The lowest BCUT2D eigenvalue weighted by molar-refractivity contribution is 0.651. The van der Waals surface area contributed by atoms with Crippen LogP contribution in [0.4, 0.5) is 0 Å². The molecule has 2 heteroatoms. The van der Waals surface area contributed by atoms with Gasteiger partial charge in [-0.3, -0.25) is 0 Å². The van der Waals surface area contributed by atoms with Gasteiger partial charge in [0.05, 0.1) is 0 Å². The van der Waals surface area contributed by atoms with Gasteiger partial charge in [-0.15, -0.1) is 11.8 Å². The van der Waals surface area contributed by atoms with Crippen molar-refractivity contribution >= 4 is 11.8 Å². The van der Waals surface area contributed by atoms with Crippen molar-refractivity contribution in [3.8, 4) is 0 Å². The molecule has 2 aromatic rings. The average Bonchev–Trinajstić information content (AvgIpc) is 2.45. The summed E-state index contributed by atoms with van der Waals surface area (Å²) in [5.41, 5.74) is 6.97. The highest BCUT2D eigenvalue weighted by Crippen LogP contribution is 2.28. The predicted molar refractivity (Wildman–Crippen MR) is 94.1 cm³/mol. The molecule has 1 nitrogen and oxygen atoms in total. The van der Waals surface area contributed by atoms with Gasteiger partial charge in [0.25, 0.3) is 0 Å². The summed E-state index contributed by atoms with van der Waals surface area (Å²) in [5.74, 6) is 1.04. The minimum absolute atomic E-state index is 0.397. The number of thioether (sulfide) groups is 1. The quantitative estimate of drug-likeness (QED) is 0.763. The maximum Gasteiger partial charge on any atom is 0.0289 e. The van der Waals surface area contributed by atoms with E-state index in [1.54, 1.807) is 0 Å². The topological polar surface area (TPSA) is 12.0 Å². The molecular weight excluding hydrogens is 274 g/mol. The van der Waals surface area contributed by atoms with Gasteiger partial charge in [0.2, 0.25) is 0 Å². The van der Waals surface area contributed by atoms with E-state index in [9.17, 15) is 0 Å². The summed E-state index contributed by atoms with van der Waals surface area (Å²) in [6, 6.07) is 13.8. The minimum atomic E-state index is 0.397. The fourth-order valence-corrected chi connectivity index (χ4v) is 3.79. The van der Waals surface area contributed by atoms with Crippen molar-refractivity contribution in [1.29, 1.82) is 0 Å². The molecule has 0 aliphatic heterocycles. The number of hydrogen-bond donors (Lipinski definition) is 1. The van der Waals surface area contributed by atoms with E-state index in [2.05, 4.69) is 69.4 Å². The molecule has 1 atom stereocenters. The van der Waals surface area contributed by atoms with Crippen molar-refractivity contribution in [2.24, 2.45) is 0 Å². The van der Waals surface area contributed by atoms with Crippen LogP contribution in [-0.4, -0.2) is 7.05 Å². The smallest absolute Gasteiger partial charge is 0.0289 e. The summed E-state index contributed by atoms with van der Waals surface area (Å²) in [7, 11) is 2.00. The maximum absolute atomic E-state index is 3.30. The lowest BCUT2D eigenvalue weighted by Crippen LogP contribution is -2.11. The van der Waals surface area contributed by atoms with Gasteiger partial charge in [-0.2, -0.15) is 0 Å². The zero-order valence-electron chi connectivity index (χ0n) is 13.7. The van der Waals surface area contributed by atoms with Crippen LogP contribution < -0.4 is 5.32 Å². The van der Waals surface area contributed by atoms with E-state index >= 15 is 0 Å². The Hall–Kier alpha value is -1.25. The molecule has 0 aliphatic carbocycles. The molecule has 0 bridgehead atoms. The monoisotopic (exact) mass is 299 g/mol. The fourth-order valence-electron chi connectivity index (χ4n) is 2.63. The lowest BCUT2D eigenvalue weighted by Gasteiger charge is -2.13. The molecule has 0 heterocycles. The van der Waals surface area contributed by atoms with Gasteiger partial charge < -0.3 is 5.32 Å². The van der Waals surface area contributed by atoms with Crippen molar-refractivity contribution in [3.05, 3.63) is 64.2 Å². The van der Waals surface area contributed by atoms with Crippen LogP contribution in [0.2, 0.25) is 0 Å². The number of nitrogens with one attached hydrogen (secondary N) is 1. The molecule has 112 valence electrons. The first kappa shape index (κ1) is 16.1. The number of benzene rings is 2.